The van der Waals surface area contributed by atoms with Gasteiger partial charge in [-0.1, -0.05) is 0 Å². The monoisotopic (exact) mass is 328 g/mol. The largest absolute Gasteiger partial charge is 0.477 e. The maximum atomic E-state index is 12.8. The van der Waals surface area contributed by atoms with E-state index in [1.54, 1.807) is 0 Å². The number of ether oxygens (including phenoxy) is 1. The summed E-state index contributed by atoms with van der Waals surface area (Å²) in [7, 11) is 0. The van der Waals surface area contributed by atoms with Gasteiger partial charge in [0, 0.05) is 11.5 Å². The first-order chi connectivity index (χ1) is 11.4. The lowest BCUT2D eigenvalue weighted by atomic mass is 10.2. The zero-order chi connectivity index (χ0) is 17.3. The quantitative estimate of drug-likeness (QED) is 0.451. The van der Waals surface area contributed by atoms with Gasteiger partial charge in [-0.25, -0.2) is 18.8 Å². The van der Waals surface area contributed by atoms with Crippen LogP contribution in [0.4, 0.5) is 4.39 Å². The SMILES string of the molecule is O=C(Oc1ccc2cc(C(=O)O)c(=O)oc2c1)c1ccc(F)cc1. The van der Waals surface area contributed by atoms with Crippen LogP contribution in [0.2, 0.25) is 0 Å². The molecule has 120 valence electrons. The molecule has 0 atom stereocenters. The van der Waals surface area contributed by atoms with E-state index < -0.39 is 28.9 Å². The van der Waals surface area contributed by atoms with Gasteiger partial charge < -0.3 is 14.3 Å². The van der Waals surface area contributed by atoms with E-state index in [2.05, 4.69) is 0 Å². The Hall–Kier alpha value is -3.48. The fourth-order valence-corrected chi connectivity index (χ4v) is 2.06. The number of hydrogen-bond donors (Lipinski definition) is 1. The average Bonchev–Trinajstić information content (AvgIpc) is 2.54. The molecular weight excluding hydrogens is 319 g/mol. The van der Waals surface area contributed by atoms with Crippen molar-refractivity contribution in [3.8, 4) is 5.75 Å². The van der Waals surface area contributed by atoms with Crippen molar-refractivity contribution in [1.29, 1.82) is 0 Å². The van der Waals surface area contributed by atoms with Crippen molar-refractivity contribution in [2.75, 3.05) is 0 Å². The van der Waals surface area contributed by atoms with Gasteiger partial charge in [0.15, 0.2) is 0 Å². The smallest absolute Gasteiger partial charge is 0.351 e. The lowest BCUT2D eigenvalue weighted by Gasteiger charge is -2.05. The maximum Gasteiger partial charge on any atom is 0.351 e. The molecule has 1 N–H and O–H groups in total. The molecular formula is C17H9FO6. The van der Waals surface area contributed by atoms with Crippen molar-refractivity contribution in [1.82, 2.24) is 0 Å². The van der Waals surface area contributed by atoms with E-state index in [1.807, 2.05) is 0 Å². The molecule has 0 bridgehead atoms. The first kappa shape index (κ1) is 15.4. The Morgan fingerprint density at radius 1 is 1.04 bits per heavy atom. The normalized spacial score (nSPS) is 10.5. The number of aromatic carboxylic acids is 1. The van der Waals surface area contributed by atoms with Gasteiger partial charge in [-0.05, 0) is 42.5 Å². The van der Waals surface area contributed by atoms with Crippen LogP contribution in [0.3, 0.4) is 0 Å². The van der Waals surface area contributed by atoms with Crippen LogP contribution < -0.4 is 10.4 Å². The van der Waals surface area contributed by atoms with Gasteiger partial charge >= 0.3 is 17.6 Å². The molecule has 0 spiro atoms. The van der Waals surface area contributed by atoms with Gasteiger partial charge in [0.05, 0.1) is 5.56 Å². The van der Waals surface area contributed by atoms with Gasteiger partial charge in [-0.3, -0.25) is 0 Å². The van der Waals surface area contributed by atoms with Crippen LogP contribution in [-0.2, 0) is 0 Å². The summed E-state index contributed by atoms with van der Waals surface area (Å²) in [6.07, 6.45) is 0. The van der Waals surface area contributed by atoms with E-state index in [9.17, 15) is 18.8 Å². The molecule has 0 unspecified atom stereocenters. The van der Waals surface area contributed by atoms with Crippen molar-refractivity contribution in [2.45, 2.75) is 0 Å². The molecule has 0 aliphatic heterocycles. The molecule has 24 heavy (non-hydrogen) atoms. The fourth-order valence-electron chi connectivity index (χ4n) is 2.06. The van der Waals surface area contributed by atoms with Crippen LogP contribution in [-0.4, -0.2) is 17.0 Å². The van der Waals surface area contributed by atoms with Crippen LogP contribution in [0.5, 0.6) is 5.75 Å². The van der Waals surface area contributed by atoms with Crippen molar-refractivity contribution in [3.05, 3.63) is 75.9 Å². The number of rotatable bonds is 3. The molecule has 7 heteroatoms. The fraction of sp³-hybridized carbons (Fsp3) is 0. The van der Waals surface area contributed by atoms with Gasteiger partial charge in [0.25, 0.3) is 0 Å². The van der Waals surface area contributed by atoms with E-state index in [0.29, 0.717) is 5.39 Å². The second kappa shape index (κ2) is 5.96. The van der Waals surface area contributed by atoms with Crippen LogP contribution in [0, 0.1) is 5.82 Å². The molecule has 0 fully saturated rings. The Balaban J connectivity index is 1.92. The lowest BCUT2D eigenvalue weighted by molar-refractivity contribution is 0.0690. The highest BCUT2D eigenvalue weighted by Gasteiger charge is 2.14. The summed E-state index contributed by atoms with van der Waals surface area (Å²) < 4.78 is 22.9. The third-order valence-electron chi connectivity index (χ3n) is 3.23. The molecule has 0 amide bonds. The Morgan fingerprint density at radius 3 is 2.42 bits per heavy atom. The number of carboxylic acids is 1. The van der Waals surface area contributed by atoms with Crippen LogP contribution in [0.15, 0.2) is 57.7 Å². The third-order valence-corrected chi connectivity index (χ3v) is 3.23. The molecule has 1 heterocycles. The predicted octanol–water partition coefficient (Wildman–Crippen LogP) is 2.85. The first-order valence-corrected chi connectivity index (χ1v) is 6.73. The summed E-state index contributed by atoms with van der Waals surface area (Å²) >= 11 is 0. The van der Waals surface area contributed by atoms with E-state index in [1.165, 1.54) is 36.4 Å². The topological polar surface area (TPSA) is 93.8 Å². The van der Waals surface area contributed by atoms with Crippen molar-refractivity contribution in [3.63, 3.8) is 0 Å². The van der Waals surface area contributed by atoms with Gasteiger partial charge in [-0.2, -0.15) is 0 Å². The zero-order valence-electron chi connectivity index (χ0n) is 12.0. The number of carbonyl (C=O) groups is 2. The number of hydrogen-bond acceptors (Lipinski definition) is 5. The lowest BCUT2D eigenvalue weighted by Crippen LogP contribution is -2.13. The Kier molecular flexibility index (Phi) is 3.83. The third kappa shape index (κ3) is 3.00. The number of fused-ring (bicyclic) bond motifs is 1. The molecule has 0 aliphatic rings. The first-order valence-electron chi connectivity index (χ1n) is 6.73. The summed E-state index contributed by atoms with van der Waals surface area (Å²) in [6.45, 7) is 0. The minimum atomic E-state index is -1.39. The highest BCUT2D eigenvalue weighted by molar-refractivity contribution is 5.93. The standard InChI is InChI=1S/C17H9FO6/c18-11-4-1-9(2-5-11)16(21)23-12-6-3-10-7-13(15(19)20)17(22)24-14(10)8-12/h1-8H,(H,19,20). The summed E-state index contributed by atoms with van der Waals surface area (Å²) in [5.41, 5.74) is -1.26. The van der Waals surface area contributed by atoms with E-state index in [4.69, 9.17) is 14.3 Å². The molecule has 3 rings (SSSR count). The number of esters is 1. The summed E-state index contributed by atoms with van der Waals surface area (Å²) in [6, 6.07) is 10.2. The van der Waals surface area contributed by atoms with Crippen LogP contribution in [0.1, 0.15) is 20.7 Å². The van der Waals surface area contributed by atoms with Crippen LogP contribution >= 0.6 is 0 Å². The van der Waals surface area contributed by atoms with E-state index in [-0.39, 0.29) is 16.9 Å². The molecule has 6 nitrogen and oxygen atoms in total. The van der Waals surface area contributed by atoms with Crippen molar-refractivity contribution >= 4 is 22.9 Å². The summed E-state index contributed by atoms with van der Waals surface area (Å²) in [4.78, 5) is 34.4. The summed E-state index contributed by atoms with van der Waals surface area (Å²) in [5.74, 6) is -2.48. The Labute approximate surface area is 133 Å². The minimum absolute atomic E-state index is 0.0782. The Morgan fingerprint density at radius 2 is 1.75 bits per heavy atom. The van der Waals surface area contributed by atoms with Crippen molar-refractivity contribution < 1.29 is 28.2 Å². The van der Waals surface area contributed by atoms with Gasteiger partial charge in [0.1, 0.15) is 22.7 Å². The second-order valence-electron chi connectivity index (χ2n) is 4.85. The van der Waals surface area contributed by atoms with E-state index in [0.717, 1.165) is 12.1 Å². The molecule has 0 radical (unpaired) electrons. The number of carbonyl (C=O) groups excluding carboxylic acids is 1. The maximum absolute atomic E-state index is 12.8. The van der Waals surface area contributed by atoms with Gasteiger partial charge in [-0.15, -0.1) is 0 Å². The highest BCUT2D eigenvalue weighted by atomic mass is 19.1. The van der Waals surface area contributed by atoms with Gasteiger partial charge in [0.2, 0.25) is 0 Å². The zero-order valence-corrected chi connectivity index (χ0v) is 12.0. The highest BCUT2D eigenvalue weighted by Crippen LogP contribution is 2.21. The number of benzene rings is 2. The number of halogens is 1. The van der Waals surface area contributed by atoms with Crippen molar-refractivity contribution in [2.24, 2.45) is 0 Å². The van der Waals surface area contributed by atoms with E-state index >= 15 is 0 Å². The summed E-state index contributed by atoms with van der Waals surface area (Å²) in [5, 5.41) is 9.26. The molecule has 0 saturated carbocycles. The predicted molar refractivity (Wildman–Crippen MR) is 80.8 cm³/mol. The Bertz CT molecular complexity index is 1000. The average molecular weight is 328 g/mol. The molecule has 1 aromatic heterocycles. The van der Waals surface area contributed by atoms with Crippen LogP contribution in [0.25, 0.3) is 11.0 Å². The second-order valence-corrected chi connectivity index (χ2v) is 4.85. The number of carboxylic acid groups (broad SMARTS) is 1. The minimum Gasteiger partial charge on any atom is -0.477 e. The molecule has 0 saturated heterocycles. The molecule has 2 aromatic carbocycles. The molecule has 3 aromatic rings. The molecule has 0 aliphatic carbocycles.